The first kappa shape index (κ1) is 17.8. The van der Waals surface area contributed by atoms with E-state index in [1.54, 1.807) is 0 Å². The van der Waals surface area contributed by atoms with Crippen molar-refractivity contribution in [2.24, 2.45) is 11.8 Å². The minimum Gasteiger partial charge on any atom is -0.481 e. The molecular formula is C18H30O3. The van der Waals surface area contributed by atoms with Crippen LogP contribution in [-0.4, -0.2) is 11.1 Å². The fourth-order valence-corrected chi connectivity index (χ4v) is 3.11. The average molecular weight is 294 g/mol. The van der Waals surface area contributed by atoms with Gasteiger partial charge in [0.05, 0.1) is 0 Å². The lowest BCUT2D eigenvalue weighted by molar-refractivity contribution is -0.136. The molecule has 120 valence electrons. The Labute approximate surface area is 128 Å². The predicted octanol–water partition coefficient (Wildman–Crippen LogP) is 4.86. The van der Waals surface area contributed by atoms with Crippen LogP contribution in [0.4, 0.5) is 0 Å². The maximum absolute atomic E-state index is 10.9. The van der Waals surface area contributed by atoms with Crippen molar-refractivity contribution >= 4 is 5.97 Å². The van der Waals surface area contributed by atoms with Crippen LogP contribution in [0.15, 0.2) is 10.5 Å². The highest BCUT2D eigenvalue weighted by molar-refractivity contribution is 5.69. The fourth-order valence-electron chi connectivity index (χ4n) is 3.11. The zero-order valence-electron chi connectivity index (χ0n) is 13.9. The average Bonchev–Trinajstić information content (AvgIpc) is 2.78. The summed E-state index contributed by atoms with van der Waals surface area (Å²) in [5.41, 5.74) is 1.04. The number of aliphatic carboxylic acids is 1. The molecule has 0 spiro atoms. The zero-order valence-corrected chi connectivity index (χ0v) is 13.9. The molecule has 1 heterocycles. The van der Waals surface area contributed by atoms with Crippen molar-refractivity contribution in [1.82, 2.24) is 0 Å². The molecule has 3 nitrogen and oxygen atoms in total. The molecule has 0 unspecified atom stereocenters. The van der Waals surface area contributed by atoms with Crippen molar-refractivity contribution in [1.29, 1.82) is 0 Å². The lowest BCUT2D eigenvalue weighted by atomic mass is 9.88. The Kier molecular flexibility index (Phi) is 7.55. The Morgan fingerprint density at radius 1 is 1.33 bits per heavy atom. The predicted molar refractivity (Wildman–Crippen MR) is 85.6 cm³/mol. The molecule has 0 aliphatic carbocycles. The van der Waals surface area contributed by atoms with Crippen molar-refractivity contribution in [2.75, 3.05) is 0 Å². The number of carboxylic acid groups (broad SMARTS) is 1. The van der Waals surface area contributed by atoms with Gasteiger partial charge in [0, 0.05) is 6.42 Å². The molecule has 3 heteroatoms. The number of hydrogen-bond acceptors (Lipinski definition) is 2. The summed E-state index contributed by atoms with van der Waals surface area (Å²) in [6, 6.07) is 2.05. The maximum atomic E-state index is 10.9. The first-order chi connectivity index (χ1) is 9.99. The van der Waals surface area contributed by atoms with Crippen molar-refractivity contribution in [3.05, 3.63) is 23.2 Å². The molecule has 0 aliphatic rings. The normalized spacial score (nSPS) is 14.1. The Balaban J connectivity index is 2.65. The molecule has 0 radical (unpaired) electrons. The molecule has 0 amide bonds. The summed E-state index contributed by atoms with van der Waals surface area (Å²) in [4.78, 5) is 10.9. The third-order valence-electron chi connectivity index (χ3n) is 4.20. The minimum absolute atomic E-state index is 0.00895. The van der Waals surface area contributed by atoms with Gasteiger partial charge < -0.3 is 9.52 Å². The van der Waals surface area contributed by atoms with E-state index in [-0.39, 0.29) is 6.42 Å². The van der Waals surface area contributed by atoms with E-state index < -0.39 is 5.97 Å². The Hall–Kier alpha value is -1.25. The molecule has 0 aliphatic heterocycles. The number of furan rings is 1. The number of carboxylic acids is 1. The third-order valence-corrected chi connectivity index (χ3v) is 4.20. The second kappa shape index (κ2) is 8.91. The highest BCUT2D eigenvalue weighted by atomic mass is 16.4. The van der Waals surface area contributed by atoms with E-state index in [0.29, 0.717) is 11.7 Å². The first-order valence-corrected chi connectivity index (χ1v) is 8.32. The van der Waals surface area contributed by atoms with E-state index in [9.17, 15) is 4.79 Å². The highest BCUT2D eigenvalue weighted by Crippen LogP contribution is 2.25. The van der Waals surface area contributed by atoms with Gasteiger partial charge in [-0.1, -0.05) is 47.0 Å². The summed E-state index contributed by atoms with van der Waals surface area (Å²) < 4.78 is 5.78. The molecule has 0 saturated heterocycles. The number of aryl methyl sites for hydroxylation is 1. The van der Waals surface area contributed by atoms with Gasteiger partial charge >= 0.3 is 5.97 Å². The standard InChI is InChI=1S/C18H30O3/c1-5-8-14(6-2)9-13(4)10-16-11-15(7-3)17(21-16)12-18(19)20/h11,13-14H,5-10,12H2,1-4H3,(H,19,20)/t13-,14-/m0/s1. The van der Waals surface area contributed by atoms with Gasteiger partial charge in [-0.25, -0.2) is 0 Å². The van der Waals surface area contributed by atoms with Crippen LogP contribution in [0.3, 0.4) is 0 Å². The molecule has 1 aromatic rings. The lowest BCUT2D eigenvalue weighted by Gasteiger charge is -2.18. The Bertz CT molecular complexity index is 434. The summed E-state index contributed by atoms with van der Waals surface area (Å²) >= 11 is 0. The van der Waals surface area contributed by atoms with Gasteiger partial charge in [-0.15, -0.1) is 0 Å². The van der Waals surface area contributed by atoms with Crippen molar-refractivity contribution in [3.8, 4) is 0 Å². The molecule has 1 aromatic heterocycles. The van der Waals surface area contributed by atoms with E-state index in [0.717, 1.165) is 30.1 Å². The zero-order chi connectivity index (χ0) is 15.8. The van der Waals surface area contributed by atoms with Gasteiger partial charge in [0.2, 0.25) is 0 Å². The number of rotatable bonds is 10. The van der Waals surface area contributed by atoms with Crippen LogP contribution in [0.2, 0.25) is 0 Å². The van der Waals surface area contributed by atoms with E-state index in [1.807, 2.05) is 6.92 Å². The van der Waals surface area contributed by atoms with Crippen LogP contribution >= 0.6 is 0 Å². The maximum Gasteiger partial charge on any atom is 0.311 e. The fraction of sp³-hybridized carbons (Fsp3) is 0.722. The molecule has 0 aromatic carbocycles. The Morgan fingerprint density at radius 2 is 2.05 bits per heavy atom. The smallest absolute Gasteiger partial charge is 0.311 e. The van der Waals surface area contributed by atoms with Gasteiger partial charge in [-0.2, -0.15) is 0 Å². The summed E-state index contributed by atoms with van der Waals surface area (Å²) in [6.07, 6.45) is 6.73. The molecule has 0 fully saturated rings. The SMILES string of the molecule is CCC[C@H](CC)C[C@H](C)Cc1cc(CC)c(CC(=O)O)o1. The molecular weight excluding hydrogens is 264 g/mol. The van der Waals surface area contributed by atoms with Crippen LogP contribution in [0.5, 0.6) is 0 Å². The molecule has 0 bridgehead atoms. The summed E-state index contributed by atoms with van der Waals surface area (Å²) in [7, 11) is 0. The largest absolute Gasteiger partial charge is 0.481 e. The Morgan fingerprint density at radius 3 is 2.57 bits per heavy atom. The topological polar surface area (TPSA) is 50.4 Å². The third kappa shape index (κ3) is 5.94. The number of carbonyl (C=O) groups is 1. The van der Waals surface area contributed by atoms with Crippen LogP contribution in [0.25, 0.3) is 0 Å². The van der Waals surface area contributed by atoms with Crippen molar-refractivity contribution in [2.45, 2.75) is 72.6 Å². The van der Waals surface area contributed by atoms with E-state index in [2.05, 4.69) is 26.8 Å². The van der Waals surface area contributed by atoms with Crippen LogP contribution < -0.4 is 0 Å². The van der Waals surface area contributed by atoms with Gasteiger partial charge in [0.1, 0.15) is 17.9 Å². The monoisotopic (exact) mass is 294 g/mol. The first-order valence-electron chi connectivity index (χ1n) is 8.32. The van der Waals surface area contributed by atoms with Gasteiger partial charge in [-0.05, 0) is 36.3 Å². The molecule has 1 N–H and O–H groups in total. The van der Waals surface area contributed by atoms with Crippen LogP contribution in [-0.2, 0) is 24.1 Å². The molecule has 1 rings (SSSR count). The van der Waals surface area contributed by atoms with E-state index in [1.165, 1.54) is 25.7 Å². The van der Waals surface area contributed by atoms with E-state index in [4.69, 9.17) is 9.52 Å². The minimum atomic E-state index is -0.826. The van der Waals surface area contributed by atoms with Crippen LogP contribution in [0, 0.1) is 11.8 Å². The number of hydrogen-bond donors (Lipinski definition) is 1. The highest BCUT2D eigenvalue weighted by Gasteiger charge is 2.16. The van der Waals surface area contributed by atoms with Gasteiger partial charge in [0.25, 0.3) is 0 Å². The van der Waals surface area contributed by atoms with Crippen molar-refractivity contribution < 1.29 is 14.3 Å². The molecule has 0 saturated carbocycles. The van der Waals surface area contributed by atoms with Gasteiger partial charge in [-0.3, -0.25) is 4.79 Å². The van der Waals surface area contributed by atoms with Crippen molar-refractivity contribution in [3.63, 3.8) is 0 Å². The second-order valence-electron chi connectivity index (χ2n) is 6.19. The summed E-state index contributed by atoms with van der Waals surface area (Å²) in [5, 5.41) is 8.93. The molecule has 21 heavy (non-hydrogen) atoms. The van der Waals surface area contributed by atoms with Crippen LogP contribution in [0.1, 0.15) is 70.5 Å². The van der Waals surface area contributed by atoms with E-state index >= 15 is 0 Å². The van der Waals surface area contributed by atoms with Gasteiger partial charge in [0.15, 0.2) is 0 Å². The lowest BCUT2D eigenvalue weighted by Crippen LogP contribution is -2.08. The summed E-state index contributed by atoms with van der Waals surface area (Å²) in [6.45, 7) is 8.81. The quantitative estimate of drug-likeness (QED) is 0.670. The molecule has 2 atom stereocenters. The second-order valence-corrected chi connectivity index (χ2v) is 6.19. The summed E-state index contributed by atoms with van der Waals surface area (Å²) in [5.74, 6) is 2.13.